The number of benzene rings is 2. The molecule has 3 rings (SSSR count). The van der Waals surface area contributed by atoms with E-state index in [-0.39, 0.29) is 0 Å². The van der Waals surface area contributed by atoms with E-state index < -0.39 is 0 Å². The third-order valence-corrected chi connectivity index (χ3v) is 3.38. The van der Waals surface area contributed by atoms with E-state index >= 15 is 0 Å². The molecule has 0 atom stereocenters. The second kappa shape index (κ2) is 5.72. The van der Waals surface area contributed by atoms with Gasteiger partial charge in [0.1, 0.15) is 0 Å². The third kappa shape index (κ3) is 2.49. The van der Waals surface area contributed by atoms with Crippen molar-refractivity contribution in [2.24, 2.45) is 5.73 Å². The van der Waals surface area contributed by atoms with E-state index in [9.17, 15) is 0 Å². The Morgan fingerprint density at radius 1 is 0.950 bits per heavy atom. The van der Waals surface area contributed by atoms with Crippen molar-refractivity contribution in [1.82, 2.24) is 9.78 Å². The minimum absolute atomic E-state index is 0.669. The summed E-state index contributed by atoms with van der Waals surface area (Å²) in [5, 5.41) is 4.24. The molecule has 3 heteroatoms. The Morgan fingerprint density at radius 2 is 1.75 bits per heavy atom. The van der Waals surface area contributed by atoms with Crippen LogP contribution < -0.4 is 5.73 Å². The molecule has 2 aromatic carbocycles. The number of rotatable bonds is 4. The zero-order valence-electron chi connectivity index (χ0n) is 11.2. The van der Waals surface area contributed by atoms with Crippen LogP contribution in [0.2, 0.25) is 0 Å². The van der Waals surface area contributed by atoms with E-state index in [4.69, 9.17) is 5.73 Å². The standard InChI is InChI=1S/C17H17N3/c18-11-10-14-4-1-2-5-17(14)15-6-8-16(9-7-15)20-13-3-12-19-20/h1-9,12-13H,10-11,18H2. The summed E-state index contributed by atoms with van der Waals surface area (Å²) >= 11 is 0. The molecule has 0 unspecified atom stereocenters. The average molecular weight is 263 g/mol. The van der Waals surface area contributed by atoms with Crippen LogP contribution in [0.1, 0.15) is 5.56 Å². The highest BCUT2D eigenvalue weighted by Crippen LogP contribution is 2.24. The summed E-state index contributed by atoms with van der Waals surface area (Å²) in [7, 11) is 0. The van der Waals surface area contributed by atoms with E-state index in [2.05, 4.69) is 53.6 Å². The zero-order chi connectivity index (χ0) is 13.8. The molecule has 1 aromatic heterocycles. The number of hydrogen-bond acceptors (Lipinski definition) is 2. The first kappa shape index (κ1) is 12.6. The summed E-state index contributed by atoms with van der Waals surface area (Å²) in [6, 6.07) is 18.8. The molecule has 0 aliphatic carbocycles. The topological polar surface area (TPSA) is 43.8 Å². The molecule has 0 amide bonds. The summed E-state index contributed by atoms with van der Waals surface area (Å²) in [5.74, 6) is 0. The minimum Gasteiger partial charge on any atom is -0.330 e. The van der Waals surface area contributed by atoms with E-state index in [1.54, 1.807) is 6.20 Å². The van der Waals surface area contributed by atoms with Gasteiger partial charge in [0, 0.05) is 12.4 Å². The van der Waals surface area contributed by atoms with Crippen molar-refractivity contribution in [1.29, 1.82) is 0 Å². The fourth-order valence-electron chi connectivity index (χ4n) is 2.39. The maximum atomic E-state index is 5.68. The highest BCUT2D eigenvalue weighted by molar-refractivity contribution is 5.68. The largest absolute Gasteiger partial charge is 0.330 e. The van der Waals surface area contributed by atoms with Crippen molar-refractivity contribution >= 4 is 0 Å². The lowest BCUT2D eigenvalue weighted by atomic mass is 9.97. The molecule has 0 aliphatic heterocycles. The van der Waals surface area contributed by atoms with Crippen molar-refractivity contribution < 1.29 is 0 Å². The SMILES string of the molecule is NCCc1ccccc1-c1ccc(-n2cccn2)cc1. The minimum atomic E-state index is 0.669. The molecule has 1 heterocycles. The Hall–Kier alpha value is -2.39. The Kier molecular flexibility index (Phi) is 3.61. The molecule has 3 nitrogen and oxygen atoms in total. The second-order valence-electron chi connectivity index (χ2n) is 4.69. The lowest BCUT2D eigenvalue weighted by molar-refractivity contribution is 0.881. The molecule has 0 spiro atoms. The molecular weight excluding hydrogens is 246 g/mol. The van der Waals surface area contributed by atoms with E-state index in [1.807, 2.05) is 16.9 Å². The molecule has 100 valence electrons. The Labute approximate surface area is 118 Å². The maximum absolute atomic E-state index is 5.68. The predicted molar refractivity (Wildman–Crippen MR) is 81.8 cm³/mol. The van der Waals surface area contributed by atoms with Crippen molar-refractivity contribution in [3.8, 4) is 16.8 Å². The number of nitrogens with zero attached hydrogens (tertiary/aromatic N) is 2. The van der Waals surface area contributed by atoms with Crippen LogP contribution in [-0.2, 0) is 6.42 Å². The van der Waals surface area contributed by atoms with Crippen molar-refractivity contribution in [3.63, 3.8) is 0 Å². The van der Waals surface area contributed by atoms with Gasteiger partial charge in [-0.05, 0) is 47.9 Å². The van der Waals surface area contributed by atoms with Crippen LogP contribution in [0.4, 0.5) is 0 Å². The van der Waals surface area contributed by atoms with Crippen LogP contribution in [0.15, 0.2) is 67.0 Å². The molecular formula is C17H17N3. The highest BCUT2D eigenvalue weighted by Gasteiger charge is 2.04. The molecule has 0 fully saturated rings. The molecule has 0 radical (unpaired) electrons. The van der Waals surface area contributed by atoms with Gasteiger partial charge >= 0.3 is 0 Å². The fraction of sp³-hybridized carbons (Fsp3) is 0.118. The summed E-state index contributed by atoms with van der Waals surface area (Å²) in [6.07, 6.45) is 4.62. The monoisotopic (exact) mass is 263 g/mol. The Morgan fingerprint density at radius 3 is 2.45 bits per heavy atom. The van der Waals surface area contributed by atoms with Gasteiger partial charge in [-0.3, -0.25) is 0 Å². The van der Waals surface area contributed by atoms with E-state index in [1.165, 1.54) is 16.7 Å². The maximum Gasteiger partial charge on any atom is 0.0645 e. The second-order valence-corrected chi connectivity index (χ2v) is 4.69. The van der Waals surface area contributed by atoms with Crippen LogP contribution in [0, 0.1) is 0 Å². The van der Waals surface area contributed by atoms with Gasteiger partial charge in [-0.2, -0.15) is 5.10 Å². The van der Waals surface area contributed by atoms with Crippen LogP contribution >= 0.6 is 0 Å². The van der Waals surface area contributed by atoms with Gasteiger partial charge in [0.25, 0.3) is 0 Å². The predicted octanol–water partition coefficient (Wildman–Crippen LogP) is 3.04. The summed E-state index contributed by atoms with van der Waals surface area (Å²) in [5.41, 5.74) is 10.5. The van der Waals surface area contributed by atoms with Crippen molar-refractivity contribution in [3.05, 3.63) is 72.6 Å². The van der Waals surface area contributed by atoms with Gasteiger partial charge in [0.05, 0.1) is 5.69 Å². The van der Waals surface area contributed by atoms with Gasteiger partial charge in [-0.15, -0.1) is 0 Å². The van der Waals surface area contributed by atoms with Gasteiger partial charge in [-0.25, -0.2) is 4.68 Å². The molecule has 2 N–H and O–H groups in total. The first-order valence-corrected chi connectivity index (χ1v) is 6.77. The van der Waals surface area contributed by atoms with Gasteiger partial charge in [0.15, 0.2) is 0 Å². The quantitative estimate of drug-likeness (QED) is 0.786. The lowest BCUT2D eigenvalue weighted by Crippen LogP contribution is -2.03. The normalized spacial score (nSPS) is 10.7. The molecule has 0 bridgehead atoms. The van der Waals surface area contributed by atoms with Crippen LogP contribution in [0.3, 0.4) is 0 Å². The fourth-order valence-corrected chi connectivity index (χ4v) is 2.39. The lowest BCUT2D eigenvalue weighted by Gasteiger charge is -2.09. The first-order valence-electron chi connectivity index (χ1n) is 6.77. The average Bonchev–Trinajstić information content (AvgIpc) is 3.03. The van der Waals surface area contributed by atoms with Gasteiger partial charge in [-0.1, -0.05) is 36.4 Å². The zero-order valence-corrected chi connectivity index (χ0v) is 11.2. The molecule has 0 saturated heterocycles. The molecule has 0 saturated carbocycles. The van der Waals surface area contributed by atoms with E-state index in [0.29, 0.717) is 6.54 Å². The van der Waals surface area contributed by atoms with Crippen LogP contribution in [0.25, 0.3) is 16.8 Å². The summed E-state index contributed by atoms with van der Waals surface area (Å²) < 4.78 is 1.86. The van der Waals surface area contributed by atoms with Crippen LogP contribution in [-0.4, -0.2) is 16.3 Å². The Bertz CT molecular complexity index is 670. The molecule has 20 heavy (non-hydrogen) atoms. The number of nitrogens with two attached hydrogens (primary N) is 1. The smallest absolute Gasteiger partial charge is 0.0645 e. The highest BCUT2D eigenvalue weighted by atomic mass is 15.3. The molecule has 3 aromatic rings. The molecule has 0 aliphatic rings. The van der Waals surface area contributed by atoms with Gasteiger partial charge in [0.2, 0.25) is 0 Å². The van der Waals surface area contributed by atoms with E-state index in [0.717, 1.165) is 12.1 Å². The van der Waals surface area contributed by atoms with Crippen LogP contribution in [0.5, 0.6) is 0 Å². The first-order chi connectivity index (χ1) is 9.88. The van der Waals surface area contributed by atoms with Crippen molar-refractivity contribution in [2.45, 2.75) is 6.42 Å². The van der Waals surface area contributed by atoms with Gasteiger partial charge < -0.3 is 5.73 Å². The number of hydrogen-bond donors (Lipinski definition) is 1. The Balaban J connectivity index is 1.95. The third-order valence-electron chi connectivity index (χ3n) is 3.38. The van der Waals surface area contributed by atoms with Crippen molar-refractivity contribution in [2.75, 3.05) is 6.54 Å². The summed E-state index contributed by atoms with van der Waals surface area (Å²) in [4.78, 5) is 0. The number of aromatic nitrogens is 2. The summed E-state index contributed by atoms with van der Waals surface area (Å²) in [6.45, 7) is 0.669.